The maximum atomic E-state index is 12.7. The van der Waals surface area contributed by atoms with Crippen LogP contribution in [0.15, 0.2) is 65.6 Å². The maximum Gasteiger partial charge on any atom is 0.243 e. The van der Waals surface area contributed by atoms with Gasteiger partial charge in [-0.1, -0.05) is 42.5 Å². The summed E-state index contributed by atoms with van der Waals surface area (Å²) in [5.41, 5.74) is 2.99. The van der Waals surface area contributed by atoms with Gasteiger partial charge in [-0.3, -0.25) is 0 Å². The predicted octanol–water partition coefficient (Wildman–Crippen LogP) is 3.13. The third kappa shape index (κ3) is 5.28. The lowest BCUT2D eigenvalue weighted by Crippen LogP contribution is -2.40. The van der Waals surface area contributed by atoms with E-state index in [4.69, 9.17) is 4.74 Å². The van der Waals surface area contributed by atoms with Crippen molar-refractivity contribution in [3.63, 3.8) is 0 Å². The second-order valence-electron chi connectivity index (χ2n) is 7.39. The van der Waals surface area contributed by atoms with Crippen LogP contribution in [0.2, 0.25) is 0 Å². The van der Waals surface area contributed by atoms with E-state index in [0.29, 0.717) is 43.6 Å². The smallest absolute Gasteiger partial charge is 0.243 e. The number of nitrogens with zero attached hydrogens (tertiary/aromatic N) is 3. The quantitative estimate of drug-likeness (QED) is 0.610. The van der Waals surface area contributed by atoms with Gasteiger partial charge in [-0.15, -0.1) is 0 Å². The molecule has 1 aliphatic heterocycles. The lowest BCUT2D eigenvalue weighted by molar-refractivity contribution is 0.0730. The number of hydrogen-bond acceptors (Lipinski definition) is 6. The van der Waals surface area contributed by atoms with Crippen molar-refractivity contribution in [2.24, 2.45) is 0 Å². The number of rotatable bonds is 7. The molecule has 8 heteroatoms. The highest BCUT2D eigenvalue weighted by molar-refractivity contribution is 7.89. The molecule has 0 atom stereocenters. The SMILES string of the molecule is Cc1nc(NCCc2ccc(S(=O)(=O)N3CCOCC3)cc2)cc(-c2ccccc2)n1. The molecule has 1 saturated heterocycles. The van der Waals surface area contributed by atoms with E-state index in [1.165, 1.54) is 4.31 Å². The Morgan fingerprint density at radius 3 is 2.42 bits per heavy atom. The Labute approximate surface area is 183 Å². The molecule has 7 nitrogen and oxygen atoms in total. The van der Waals surface area contributed by atoms with Gasteiger partial charge in [-0.25, -0.2) is 18.4 Å². The Bertz CT molecular complexity index is 1110. The van der Waals surface area contributed by atoms with E-state index in [9.17, 15) is 8.42 Å². The fraction of sp³-hybridized carbons (Fsp3) is 0.304. The van der Waals surface area contributed by atoms with Crippen molar-refractivity contribution in [3.8, 4) is 11.3 Å². The van der Waals surface area contributed by atoms with Crippen molar-refractivity contribution in [1.82, 2.24) is 14.3 Å². The summed E-state index contributed by atoms with van der Waals surface area (Å²) in [6.07, 6.45) is 0.752. The third-order valence-corrected chi connectivity index (χ3v) is 7.07. The molecule has 2 heterocycles. The van der Waals surface area contributed by atoms with E-state index >= 15 is 0 Å². The maximum absolute atomic E-state index is 12.7. The highest BCUT2D eigenvalue weighted by Crippen LogP contribution is 2.20. The highest BCUT2D eigenvalue weighted by atomic mass is 32.2. The molecule has 0 spiro atoms. The molecule has 1 aliphatic rings. The van der Waals surface area contributed by atoms with Crippen molar-refractivity contribution in [2.45, 2.75) is 18.2 Å². The van der Waals surface area contributed by atoms with Gasteiger partial charge in [0.2, 0.25) is 10.0 Å². The second-order valence-corrected chi connectivity index (χ2v) is 9.33. The summed E-state index contributed by atoms with van der Waals surface area (Å²) < 4.78 is 32.2. The Morgan fingerprint density at radius 2 is 1.71 bits per heavy atom. The first-order chi connectivity index (χ1) is 15.0. The first kappa shape index (κ1) is 21.4. The van der Waals surface area contributed by atoms with E-state index in [2.05, 4.69) is 15.3 Å². The Morgan fingerprint density at radius 1 is 1.00 bits per heavy atom. The molecule has 0 saturated carbocycles. The molecule has 2 aromatic carbocycles. The van der Waals surface area contributed by atoms with Gasteiger partial charge in [0.15, 0.2) is 0 Å². The summed E-state index contributed by atoms with van der Waals surface area (Å²) in [6, 6.07) is 19.1. The van der Waals surface area contributed by atoms with Crippen LogP contribution in [-0.4, -0.2) is 55.5 Å². The molecule has 0 unspecified atom stereocenters. The van der Waals surface area contributed by atoms with Gasteiger partial charge in [0.05, 0.1) is 23.8 Å². The van der Waals surface area contributed by atoms with Gasteiger partial charge in [0.25, 0.3) is 0 Å². The molecule has 1 aromatic heterocycles. The van der Waals surface area contributed by atoms with Crippen LogP contribution in [0.1, 0.15) is 11.4 Å². The predicted molar refractivity (Wildman–Crippen MR) is 120 cm³/mol. The first-order valence-electron chi connectivity index (χ1n) is 10.3. The molecule has 1 N–H and O–H groups in total. The number of aromatic nitrogens is 2. The molecule has 0 bridgehead atoms. The van der Waals surface area contributed by atoms with Crippen LogP contribution in [0.4, 0.5) is 5.82 Å². The number of benzene rings is 2. The molecule has 31 heavy (non-hydrogen) atoms. The van der Waals surface area contributed by atoms with E-state index in [0.717, 1.165) is 29.1 Å². The minimum absolute atomic E-state index is 0.324. The van der Waals surface area contributed by atoms with Gasteiger partial charge in [-0.2, -0.15) is 4.31 Å². The number of morpholine rings is 1. The van der Waals surface area contributed by atoms with Gasteiger partial charge < -0.3 is 10.1 Å². The fourth-order valence-corrected chi connectivity index (χ4v) is 4.92. The highest BCUT2D eigenvalue weighted by Gasteiger charge is 2.26. The summed E-state index contributed by atoms with van der Waals surface area (Å²) in [5, 5.41) is 3.35. The summed E-state index contributed by atoms with van der Waals surface area (Å²) in [7, 11) is -3.46. The molecule has 4 rings (SSSR count). The summed E-state index contributed by atoms with van der Waals surface area (Å²) in [6.45, 7) is 4.25. The van der Waals surface area contributed by atoms with Crippen molar-refractivity contribution in [2.75, 3.05) is 38.2 Å². The van der Waals surface area contributed by atoms with Crippen LogP contribution < -0.4 is 5.32 Å². The van der Waals surface area contributed by atoms with Gasteiger partial charge in [0.1, 0.15) is 11.6 Å². The summed E-state index contributed by atoms with van der Waals surface area (Å²) in [5.74, 6) is 1.49. The Kier molecular flexibility index (Phi) is 6.60. The first-order valence-corrected chi connectivity index (χ1v) is 11.8. The zero-order chi connectivity index (χ0) is 21.7. The number of aryl methyl sites for hydroxylation is 1. The van der Waals surface area contributed by atoms with Gasteiger partial charge >= 0.3 is 0 Å². The van der Waals surface area contributed by atoms with Gasteiger partial charge in [-0.05, 0) is 31.0 Å². The summed E-state index contributed by atoms with van der Waals surface area (Å²) in [4.78, 5) is 9.32. The van der Waals surface area contributed by atoms with Crippen molar-refractivity contribution in [3.05, 3.63) is 72.1 Å². The zero-order valence-electron chi connectivity index (χ0n) is 17.5. The largest absolute Gasteiger partial charge is 0.379 e. The van der Waals surface area contributed by atoms with E-state index in [-0.39, 0.29) is 0 Å². The van der Waals surface area contributed by atoms with Crippen LogP contribution >= 0.6 is 0 Å². The molecule has 1 fully saturated rings. The second kappa shape index (κ2) is 9.55. The molecule has 0 radical (unpaired) electrons. The Balaban J connectivity index is 1.38. The van der Waals surface area contributed by atoms with E-state index in [1.54, 1.807) is 12.1 Å². The average molecular weight is 439 g/mol. The Hall–Kier alpha value is -2.81. The van der Waals surface area contributed by atoms with Crippen molar-refractivity contribution in [1.29, 1.82) is 0 Å². The standard InChI is InChI=1S/C23H26N4O3S/c1-18-25-22(20-5-3-2-4-6-20)17-23(26-18)24-12-11-19-7-9-21(10-8-19)31(28,29)27-13-15-30-16-14-27/h2-10,17H,11-16H2,1H3,(H,24,25,26). The molecular formula is C23H26N4O3S. The number of nitrogens with one attached hydrogen (secondary N) is 1. The van der Waals surface area contributed by atoms with Crippen LogP contribution in [0.5, 0.6) is 0 Å². The fourth-order valence-electron chi connectivity index (χ4n) is 3.51. The van der Waals surface area contributed by atoms with Crippen LogP contribution in [0, 0.1) is 6.92 Å². The third-order valence-electron chi connectivity index (χ3n) is 5.16. The monoisotopic (exact) mass is 438 g/mol. The number of anilines is 1. The molecule has 162 valence electrons. The molecule has 3 aromatic rings. The normalized spacial score (nSPS) is 15.0. The number of ether oxygens (including phenoxy) is 1. The zero-order valence-corrected chi connectivity index (χ0v) is 18.3. The van der Waals surface area contributed by atoms with E-state index < -0.39 is 10.0 Å². The molecule has 0 amide bonds. The minimum atomic E-state index is -3.46. The molecule has 0 aliphatic carbocycles. The lowest BCUT2D eigenvalue weighted by Gasteiger charge is -2.26. The lowest BCUT2D eigenvalue weighted by atomic mass is 10.1. The van der Waals surface area contributed by atoms with Crippen LogP contribution in [-0.2, 0) is 21.2 Å². The number of sulfonamides is 1. The van der Waals surface area contributed by atoms with Crippen LogP contribution in [0.25, 0.3) is 11.3 Å². The van der Waals surface area contributed by atoms with Crippen molar-refractivity contribution < 1.29 is 13.2 Å². The van der Waals surface area contributed by atoms with E-state index in [1.807, 2.05) is 55.5 Å². The molecular weight excluding hydrogens is 412 g/mol. The van der Waals surface area contributed by atoms with Crippen LogP contribution in [0.3, 0.4) is 0 Å². The van der Waals surface area contributed by atoms with Crippen molar-refractivity contribution >= 4 is 15.8 Å². The van der Waals surface area contributed by atoms with Gasteiger partial charge in [0, 0.05) is 31.3 Å². The average Bonchev–Trinajstić information content (AvgIpc) is 2.80. The number of hydrogen-bond donors (Lipinski definition) is 1. The minimum Gasteiger partial charge on any atom is -0.379 e. The summed E-state index contributed by atoms with van der Waals surface area (Å²) >= 11 is 0. The topological polar surface area (TPSA) is 84.4 Å².